The van der Waals surface area contributed by atoms with Crippen LogP contribution in [0.5, 0.6) is 11.5 Å². The van der Waals surface area contributed by atoms with Crippen LogP contribution < -0.4 is 9.47 Å². The van der Waals surface area contributed by atoms with E-state index in [0.717, 1.165) is 42.2 Å². The second kappa shape index (κ2) is 6.08. The van der Waals surface area contributed by atoms with Gasteiger partial charge in [-0.15, -0.1) is 0 Å². The van der Waals surface area contributed by atoms with E-state index >= 15 is 0 Å². The number of fused-ring (bicyclic) bond motifs is 2. The number of H-pyrrole nitrogens is 1. The highest BCUT2D eigenvalue weighted by Gasteiger charge is 2.23. The summed E-state index contributed by atoms with van der Waals surface area (Å²) < 4.78 is 10.9. The molecule has 3 aromatic rings. The number of likely N-dealkylation sites (tertiary alicyclic amines) is 1. The van der Waals surface area contributed by atoms with Crippen LogP contribution in [0, 0.1) is 0 Å². The van der Waals surface area contributed by atoms with Crippen molar-refractivity contribution >= 4 is 11.0 Å². The minimum atomic E-state index is 0.332. The Bertz CT molecular complexity index is 872. The lowest BCUT2D eigenvalue weighted by molar-refractivity contribution is 0.173. The normalized spacial score (nSPS) is 20.2. The van der Waals surface area contributed by atoms with Crippen LogP contribution in [-0.2, 0) is 6.54 Å². The van der Waals surface area contributed by atoms with Gasteiger partial charge in [0.1, 0.15) is 0 Å². The third kappa shape index (κ3) is 2.85. The van der Waals surface area contributed by atoms with E-state index in [0.29, 0.717) is 12.7 Å². The molecule has 2 aliphatic heterocycles. The van der Waals surface area contributed by atoms with Crippen molar-refractivity contribution < 1.29 is 9.47 Å². The smallest absolute Gasteiger partial charge is 0.231 e. The lowest BCUT2D eigenvalue weighted by atomic mass is 9.94. The zero-order valence-corrected chi connectivity index (χ0v) is 14.1. The quantitative estimate of drug-likeness (QED) is 0.793. The van der Waals surface area contributed by atoms with Gasteiger partial charge in [0.2, 0.25) is 6.79 Å². The Labute approximate surface area is 146 Å². The van der Waals surface area contributed by atoms with E-state index in [1.165, 1.54) is 24.1 Å². The van der Waals surface area contributed by atoms with Gasteiger partial charge in [0, 0.05) is 30.9 Å². The number of aromatic nitrogens is 2. The monoisotopic (exact) mass is 335 g/mol. The van der Waals surface area contributed by atoms with Gasteiger partial charge < -0.3 is 14.5 Å². The van der Waals surface area contributed by atoms with Gasteiger partial charge >= 0.3 is 0 Å². The largest absolute Gasteiger partial charge is 0.454 e. The third-order valence-corrected chi connectivity index (χ3v) is 5.20. The first kappa shape index (κ1) is 14.8. The molecule has 5 heteroatoms. The Morgan fingerprint density at radius 3 is 3.08 bits per heavy atom. The summed E-state index contributed by atoms with van der Waals surface area (Å²) in [5.41, 5.74) is 4.78. The summed E-state index contributed by atoms with van der Waals surface area (Å²) in [6, 6.07) is 12.6. The van der Waals surface area contributed by atoms with Gasteiger partial charge in [-0.1, -0.05) is 6.07 Å². The number of rotatable bonds is 3. The fourth-order valence-electron chi connectivity index (χ4n) is 3.95. The van der Waals surface area contributed by atoms with Crippen molar-refractivity contribution in [3.05, 3.63) is 53.9 Å². The van der Waals surface area contributed by atoms with Crippen LogP contribution >= 0.6 is 0 Å². The standard InChI is InChI=1S/C20H21N3O2/c1-4-16-18(21-7-1)10-17(22-16)15-3-2-8-23(12-15)11-14-5-6-19-20(9-14)25-13-24-19/h1,4-7,9-10,15,22H,2-3,8,11-13H2. The fraction of sp³-hybridized carbons (Fsp3) is 0.350. The molecule has 0 aliphatic carbocycles. The van der Waals surface area contributed by atoms with Crippen molar-refractivity contribution in [3.63, 3.8) is 0 Å². The Balaban J connectivity index is 1.32. The van der Waals surface area contributed by atoms with Gasteiger partial charge in [0.25, 0.3) is 0 Å². The minimum absolute atomic E-state index is 0.332. The number of nitrogens with zero attached hydrogens (tertiary/aromatic N) is 2. The van der Waals surface area contributed by atoms with Crippen molar-refractivity contribution in [2.24, 2.45) is 0 Å². The average Bonchev–Trinajstić information content (AvgIpc) is 3.28. The van der Waals surface area contributed by atoms with Crippen LogP contribution in [0.3, 0.4) is 0 Å². The molecule has 5 nitrogen and oxygen atoms in total. The van der Waals surface area contributed by atoms with Crippen molar-refractivity contribution in [2.45, 2.75) is 25.3 Å². The highest BCUT2D eigenvalue weighted by Crippen LogP contribution is 2.34. The Kier molecular flexibility index (Phi) is 3.59. The zero-order chi connectivity index (χ0) is 16.6. The summed E-state index contributed by atoms with van der Waals surface area (Å²) in [7, 11) is 0. The summed E-state index contributed by atoms with van der Waals surface area (Å²) in [6.45, 7) is 3.50. The topological polar surface area (TPSA) is 50.4 Å². The third-order valence-electron chi connectivity index (χ3n) is 5.20. The number of nitrogens with one attached hydrogen (secondary N) is 1. The van der Waals surface area contributed by atoms with Crippen LogP contribution in [-0.4, -0.2) is 34.8 Å². The first-order chi connectivity index (χ1) is 12.3. The molecule has 1 unspecified atom stereocenters. The average molecular weight is 335 g/mol. The van der Waals surface area contributed by atoms with Gasteiger partial charge in [-0.05, 0) is 55.3 Å². The molecule has 25 heavy (non-hydrogen) atoms. The van der Waals surface area contributed by atoms with E-state index in [2.05, 4.69) is 39.1 Å². The number of piperidine rings is 1. The van der Waals surface area contributed by atoms with Gasteiger partial charge in [0.15, 0.2) is 11.5 Å². The number of hydrogen-bond acceptors (Lipinski definition) is 4. The molecule has 0 saturated carbocycles. The van der Waals surface area contributed by atoms with Gasteiger partial charge in [-0.3, -0.25) is 9.88 Å². The van der Waals surface area contributed by atoms with Crippen molar-refractivity contribution in [2.75, 3.05) is 19.9 Å². The lowest BCUT2D eigenvalue weighted by Gasteiger charge is -2.32. The van der Waals surface area contributed by atoms with E-state index in [-0.39, 0.29) is 0 Å². The van der Waals surface area contributed by atoms with Gasteiger partial charge in [-0.25, -0.2) is 0 Å². The van der Waals surface area contributed by atoms with E-state index in [9.17, 15) is 0 Å². The molecule has 0 amide bonds. The first-order valence-electron chi connectivity index (χ1n) is 8.90. The lowest BCUT2D eigenvalue weighted by Crippen LogP contribution is -2.34. The molecule has 0 spiro atoms. The van der Waals surface area contributed by atoms with Crippen LogP contribution in [0.15, 0.2) is 42.6 Å². The van der Waals surface area contributed by atoms with Crippen LogP contribution in [0.1, 0.15) is 30.0 Å². The molecule has 5 rings (SSSR count). The van der Waals surface area contributed by atoms with E-state index < -0.39 is 0 Å². The molecule has 1 atom stereocenters. The maximum Gasteiger partial charge on any atom is 0.231 e. The highest BCUT2D eigenvalue weighted by atomic mass is 16.7. The predicted molar refractivity (Wildman–Crippen MR) is 95.9 cm³/mol. The van der Waals surface area contributed by atoms with Crippen molar-refractivity contribution in [3.8, 4) is 11.5 Å². The molecule has 2 aliphatic rings. The number of hydrogen-bond donors (Lipinski definition) is 1. The second-order valence-electron chi connectivity index (χ2n) is 6.92. The highest BCUT2D eigenvalue weighted by molar-refractivity contribution is 5.75. The maximum absolute atomic E-state index is 5.50. The summed E-state index contributed by atoms with van der Waals surface area (Å²) >= 11 is 0. The molecule has 1 N–H and O–H groups in total. The molecule has 4 heterocycles. The molecule has 2 aromatic heterocycles. The SMILES string of the molecule is c1cnc2cc(C3CCCN(Cc4ccc5c(c4)OCO5)C3)[nH]c2c1. The number of benzene rings is 1. The Hall–Kier alpha value is -2.53. The molecule has 1 saturated heterocycles. The number of pyridine rings is 1. The summed E-state index contributed by atoms with van der Waals surface area (Å²) in [5.74, 6) is 2.26. The molecular formula is C20H21N3O2. The molecule has 1 aromatic carbocycles. The minimum Gasteiger partial charge on any atom is -0.454 e. The summed E-state index contributed by atoms with van der Waals surface area (Å²) in [4.78, 5) is 10.5. The molecule has 0 bridgehead atoms. The van der Waals surface area contributed by atoms with Crippen LogP contribution in [0.25, 0.3) is 11.0 Å². The summed E-state index contributed by atoms with van der Waals surface area (Å²) in [6.07, 6.45) is 4.30. The molecule has 128 valence electrons. The Morgan fingerprint density at radius 2 is 2.12 bits per heavy atom. The van der Waals surface area contributed by atoms with E-state index in [1.54, 1.807) is 0 Å². The number of aromatic amines is 1. The first-order valence-corrected chi connectivity index (χ1v) is 8.90. The fourth-order valence-corrected chi connectivity index (χ4v) is 3.95. The Morgan fingerprint density at radius 1 is 1.16 bits per heavy atom. The molecular weight excluding hydrogens is 314 g/mol. The van der Waals surface area contributed by atoms with E-state index in [1.807, 2.05) is 18.3 Å². The van der Waals surface area contributed by atoms with Gasteiger partial charge in [0.05, 0.1) is 11.0 Å². The van der Waals surface area contributed by atoms with Crippen LogP contribution in [0.4, 0.5) is 0 Å². The summed E-state index contributed by atoms with van der Waals surface area (Å²) in [5, 5.41) is 0. The van der Waals surface area contributed by atoms with E-state index in [4.69, 9.17) is 9.47 Å². The van der Waals surface area contributed by atoms with Crippen LogP contribution in [0.2, 0.25) is 0 Å². The van der Waals surface area contributed by atoms with Crippen molar-refractivity contribution in [1.82, 2.24) is 14.9 Å². The van der Waals surface area contributed by atoms with Crippen molar-refractivity contribution in [1.29, 1.82) is 0 Å². The second-order valence-corrected chi connectivity index (χ2v) is 6.92. The maximum atomic E-state index is 5.50. The molecule has 0 radical (unpaired) electrons. The van der Waals surface area contributed by atoms with Gasteiger partial charge in [-0.2, -0.15) is 0 Å². The predicted octanol–water partition coefficient (Wildman–Crippen LogP) is 3.67. The zero-order valence-electron chi connectivity index (χ0n) is 14.1. The number of ether oxygens (including phenoxy) is 2. The molecule has 1 fully saturated rings.